The number of ether oxygens (including phenoxy) is 1. The second-order valence-corrected chi connectivity index (χ2v) is 8.88. The molecule has 0 aliphatic heterocycles. The molecule has 34 heavy (non-hydrogen) atoms. The molecule has 2 aliphatic carbocycles. The minimum absolute atomic E-state index is 0.0719. The van der Waals surface area contributed by atoms with Crippen LogP contribution in [-0.4, -0.2) is 23.5 Å². The van der Waals surface area contributed by atoms with E-state index in [-0.39, 0.29) is 18.1 Å². The van der Waals surface area contributed by atoms with Crippen LogP contribution in [0.4, 0.5) is 10.1 Å². The van der Waals surface area contributed by atoms with Crippen LogP contribution in [0.2, 0.25) is 0 Å². The number of carbonyl (C=O) groups excluding carboxylic acids is 2. The zero-order valence-corrected chi connectivity index (χ0v) is 19.2. The van der Waals surface area contributed by atoms with Gasteiger partial charge in [-0.15, -0.1) is 0 Å². The molecule has 0 radical (unpaired) electrons. The number of anilines is 1. The summed E-state index contributed by atoms with van der Waals surface area (Å²) in [5, 5.41) is 2.59. The van der Waals surface area contributed by atoms with E-state index in [1.807, 2.05) is 12.1 Å². The van der Waals surface area contributed by atoms with Crippen molar-refractivity contribution >= 4 is 23.1 Å². The van der Waals surface area contributed by atoms with Crippen LogP contribution in [0.1, 0.15) is 66.4 Å². The molecule has 4 rings (SSSR count). The molecule has 2 aliphatic rings. The minimum atomic E-state index is -0.598. The third-order valence-corrected chi connectivity index (χ3v) is 6.44. The fourth-order valence-corrected chi connectivity index (χ4v) is 4.57. The molecule has 0 bridgehead atoms. The van der Waals surface area contributed by atoms with Gasteiger partial charge in [-0.3, -0.25) is 14.6 Å². The molecule has 0 unspecified atom stereocenters. The van der Waals surface area contributed by atoms with Gasteiger partial charge in [0.25, 0.3) is 5.91 Å². The highest BCUT2D eigenvalue weighted by Gasteiger charge is 2.19. The molecule has 178 valence electrons. The molecule has 1 amide bonds. The Balaban J connectivity index is 1.47. The van der Waals surface area contributed by atoms with Gasteiger partial charge in [0.15, 0.2) is 5.82 Å². The van der Waals surface area contributed by atoms with Crippen molar-refractivity contribution in [2.75, 3.05) is 11.9 Å². The lowest BCUT2D eigenvalue weighted by Crippen LogP contribution is -2.14. The third kappa shape index (κ3) is 5.97. The Labute approximate surface area is 199 Å². The summed E-state index contributed by atoms with van der Waals surface area (Å²) in [6.07, 6.45) is 13.0. The Hall–Kier alpha value is -3.32. The number of hydrogen-bond donors (Lipinski definition) is 2. The quantitative estimate of drug-likeness (QED) is 0.528. The van der Waals surface area contributed by atoms with Crippen molar-refractivity contribution in [3.63, 3.8) is 0 Å². The van der Waals surface area contributed by atoms with Gasteiger partial charge in [-0.2, -0.15) is 0 Å². The Morgan fingerprint density at radius 3 is 2.79 bits per heavy atom. The van der Waals surface area contributed by atoms with E-state index in [4.69, 9.17) is 10.5 Å². The first kappa shape index (κ1) is 23.8. The van der Waals surface area contributed by atoms with E-state index in [0.29, 0.717) is 24.6 Å². The smallest absolute Gasteiger partial charge is 0.310 e. The third-order valence-electron chi connectivity index (χ3n) is 6.44. The van der Waals surface area contributed by atoms with E-state index in [9.17, 15) is 14.0 Å². The number of benzene rings is 1. The van der Waals surface area contributed by atoms with Crippen molar-refractivity contribution in [3.05, 3.63) is 76.9 Å². The number of rotatable bonds is 8. The standard InChI is InChI=1S/C27H30FN3O3/c28-24-16-30-11-10-25(24)31-27(33)21-8-9-22(15-29)23(14-21)20-7-3-6-19(12-20)13-26(32)34-17-18-4-1-2-5-18/h6,8-12,14,16,18H,1-5,7,13,15,17,29H2,(H,30,31,33). The molecule has 3 N–H and O–H groups in total. The fourth-order valence-electron chi connectivity index (χ4n) is 4.57. The van der Waals surface area contributed by atoms with Crippen molar-refractivity contribution in [1.29, 1.82) is 0 Å². The summed E-state index contributed by atoms with van der Waals surface area (Å²) >= 11 is 0. The van der Waals surface area contributed by atoms with Crippen LogP contribution in [0.15, 0.2) is 54.4 Å². The van der Waals surface area contributed by atoms with Gasteiger partial charge in [-0.1, -0.05) is 31.1 Å². The topological polar surface area (TPSA) is 94.3 Å². The van der Waals surface area contributed by atoms with Crippen LogP contribution < -0.4 is 11.1 Å². The monoisotopic (exact) mass is 463 g/mol. The number of carbonyl (C=O) groups is 2. The maximum absolute atomic E-state index is 13.9. The largest absolute Gasteiger partial charge is 0.465 e. The second-order valence-electron chi connectivity index (χ2n) is 8.88. The van der Waals surface area contributed by atoms with E-state index in [1.54, 1.807) is 12.1 Å². The van der Waals surface area contributed by atoms with Gasteiger partial charge < -0.3 is 15.8 Å². The zero-order valence-electron chi connectivity index (χ0n) is 19.2. The van der Waals surface area contributed by atoms with E-state index in [0.717, 1.165) is 54.2 Å². The highest BCUT2D eigenvalue weighted by Crippen LogP contribution is 2.31. The molecular weight excluding hydrogens is 433 g/mol. The Bertz CT molecular complexity index is 1120. The van der Waals surface area contributed by atoms with Crippen LogP contribution >= 0.6 is 0 Å². The highest BCUT2D eigenvalue weighted by atomic mass is 19.1. The van der Waals surface area contributed by atoms with E-state index >= 15 is 0 Å². The predicted molar refractivity (Wildman–Crippen MR) is 129 cm³/mol. The van der Waals surface area contributed by atoms with Crippen LogP contribution in [0, 0.1) is 11.7 Å². The fraction of sp³-hybridized carbons (Fsp3) is 0.370. The van der Waals surface area contributed by atoms with E-state index in [2.05, 4.69) is 16.4 Å². The lowest BCUT2D eigenvalue weighted by Gasteiger charge is -2.18. The normalized spacial score (nSPS) is 16.1. The first-order valence-corrected chi connectivity index (χ1v) is 11.8. The van der Waals surface area contributed by atoms with Gasteiger partial charge in [0.05, 0.1) is 24.9 Å². The van der Waals surface area contributed by atoms with Gasteiger partial charge in [0.1, 0.15) is 0 Å². The first-order chi connectivity index (χ1) is 16.5. The molecule has 6 nitrogen and oxygen atoms in total. The van der Waals surface area contributed by atoms with Crippen LogP contribution in [0.3, 0.4) is 0 Å². The van der Waals surface area contributed by atoms with E-state index in [1.165, 1.54) is 25.1 Å². The summed E-state index contributed by atoms with van der Waals surface area (Å²) in [7, 11) is 0. The molecule has 1 aromatic heterocycles. The predicted octanol–water partition coefficient (Wildman–Crippen LogP) is 5.16. The van der Waals surface area contributed by atoms with Crippen LogP contribution in [-0.2, 0) is 16.1 Å². The second kappa shape index (κ2) is 11.2. The van der Waals surface area contributed by atoms with Crippen molar-refractivity contribution in [1.82, 2.24) is 4.98 Å². The van der Waals surface area contributed by atoms with Gasteiger partial charge >= 0.3 is 5.97 Å². The number of aromatic nitrogens is 1. The lowest BCUT2D eigenvalue weighted by atomic mass is 9.89. The summed E-state index contributed by atoms with van der Waals surface area (Å²) in [5.41, 5.74) is 10.1. The van der Waals surface area contributed by atoms with Crippen LogP contribution in [0.5, 0.6) is 0 Å². The number of amides is 1. The zero-order chi connectivity index (χ0) is 23.9. The summed E-state index contributed by atoms with van der Waals surface area (Å²) in [6, 6.07) is 6.70. The average molecular weight is 464 g/mol. The molecule has 1 heterocycles. The molecule has 7 heteroatoms. The SMILES string of the molecule is NCc1ccc(C(=O)Nc2ccncc2F)cc1C1=CC(CC(=O)OCC2CCCC2)=CCC1. The number of allylic oxidation sites excluding steroid dienone is 3. The summed E-state index contributed by atoms with van der Waals surface area (Å²) in [4.78, 5) is 28.8. The van der Waals surface area contributed by atoms with Crippen molar-refractivity contribution in [2.24, 2.45) is 11.7 Å². The Kier molecular flexibility index (Phi) is 7.85. The Morgan fingerprint density at radius 1 is 1.21 bits per heavy atom. The average Bonchev–Trinajstić information content (AvgIpc) is 3.38. The van der Waals surface area contributed by atoms with Crippen molar-refractivity contribution < 1.29 is 18.7 Å². The minimum Gasteiger partial charge on any atom is -0.465 e. The van der Waals surface area contributed by atoms with Gasteiger partial charge in [-0.05, 0) is 72.1 Å². The maximum atomic E-state index is 13.9. The molecule has 0 atom stereocenters. The number of esters is 1. The highest BCUT2D eigenvalue weighted by molar-refractivity contribution is 6.05. The molecular formula is C27H30FN3O3. The molecule has 1 aromatic carbocycles. The van der Waals surface area contributed by atoms with Gasteiger partial charge in [-0.25, -0.2) is 4.39 Å². The van der Waals surface area contributed by atoms with Gasteiger partial charge in [0, 0.05) is 18.3 Å². The van der Waals surface area contributed by atoms with Crippen molar-refractivity contribution in [2.45, 2.75) is 51.5 Å². The summed E-state index contributed by atoms with van der Waals surface area (Å²) in [6.45, 7) is 0.825. The number of halogens is 1. The number of pyridine rings is 1. The molecule has 1 fully saturated rings. The van der Waals surface area contributed by atoms with Crippen molar-refractivity contribution in [3.8, 4) is 0 Å². The number of hydrogen-bond acceptors (Lipinski definition) is 5. The lowest BCUT2D eigenvalue weighted by molar-refractivity contribution is -0.144. The van der Waals surface area contributed by atoms with E-state index < -0.39 is 11.7 Å². The Morgan fingerprint density at radius 2 is 2.03 bits per heavy atom. The number of nitrogens with two attached hydrogens (primary N) is 1. The van der Waals surface area contributed by atoms with Crippen LogP contribution in [0.25, 0.3) is 5.57 Å². The summed E-state index contributed by atoms with van der Waals surface area (Å²) < 4.78 is 19.4. The molecule has 2 aromatic rings. The molecule has 0 saturated heterocycles. The first-order valence-electron chi connectivity index (χ1n) is 11.8. The number of nitrogens with one attached hydrogen (secondary N) is 1. The maximum Gasteiger partial charge on any atom is 0.310 e. The number of nitrogens with zero attached hydrogens (tertiary/aromatic N) is 1. The molecule has 0 spiro atoms. The molecule has 1 saturated carbocycles. The summed E-state index contributed by atoms with van der Waals surface area (Å²) in [5.74, 6) is -0.726. The van der Waals surface area contributed by atoms with Gasteiger partial charge in [0.2, 0.25) is 0 Å².